The van der Waals surface area contributed by atoms with E-state index >= 15 is 0 Å². The molecule has 0 unspecified atom stereocenters. The number of sulfone groups is 1. The van der Waals surface area contributed by atoms with Gasteiger partial charge in [-0.1, -0.05) is 41.9 Å². The maximum absolute atomic E-state index is 13.5. The Morgan fingerprint density at radius 3 is 2.30 bits per heavy atom. The third-order valence-electron chi connectivity index (χ3n) is 5.64. The highest BCUT2D eigenvalue weighted by Crippen LogP contribution is 2.36. The van der Waals surface area contributed by atoms with E-state index in [1.54, 1.807) is 12.1 Å². The van der Waals surface area contributed by atoms with Gasteiger partial charge in [-0.3, -0.25) is 0 Å². The fourth-order valence-electron chi connectivity index (χ4n) is 3.62. The predicted octanol–water partition coefficient (Wildman–Crippen LogP) is 5.74. The van der Waals surface area contributed by atoms with Gasteiger partial charge < -0.3 is 9.32 Å². The van der Waals surface area contributed by atoms with Gasteiger partial charge in [0.05, 0.1) is 4.90 Å². The van der Waals surface area contributed by atoms with Crippen molar-refractivity contribution in [3.05, 3.63) is 58.6 Å². The highest BCUT2D eigenvalue weighted by atomic mass is 79.9. The van der Waals surface area contributed by atoms with Crippen molar-refractivity contribution in [3.63, 3.8) is 0 Å². The van der Waals surface area contributed by atoms with Crippen LogP contribution >= 0.6 is 15.9 Å². The molecular formula is C23H25BrN2O3S. The minimum Gasteiger partial charge on any atom is -0.419 e. The molecule has 0 N–H and O–H groups in total. The molecule has 3 aromatic rings. The number of anilines is 1. The molecule has 5 nitrogen and oxygen atoms in total. The molecule has 1 fully saturated rings. The van der Waals surface area contributed by atoms with Crippen molar-refractivity contribution < 1.29 is 12.8 Å². The van der Waals surface area contributed by atoms with Gasteiger partial charge in [-0.05, 0) is 67.1 Å². The van der Waals surface area contributed by atoms with Gasteiger partial charge >= 0.3 is 0 Å². The molecule has 1 aromatic heterocycles. The Hall–Kier alpha value is -2.12. The van der Waals surface area contributed by atoms with Crippen molar-refractivity contribution in [3.8, 4) is 11.5 Å². The molecule has 2 aromatic carbocycles. The summed E-state index contributed by atoms with van der Waals surface area (Å²) >= 11 is 3.42. The molecule has 158 valence electrons. The van der Waals surface area contributed by atoms with Gasteiger partial charge in [0.15, 0.2) is 0 Å². The van der Waals surface area contributed by atoms with E-state index in [4.69, 9.17) is 4.42 Å². The normalized spacial score (nSPS) is 15.5. The van der Waals surface area contributed by atoms with Gasteiger partial charge in [0.1, 0.15) is 0 Å². The highest BCUT2D eigenvalue weighted by Gasteiger charge is 2.32. The largest absolute Gasteiger partial charge is 0.419 e. The first-order valence-corrected chi connectivity index (χ1v) is 12.5. The minimum atomic E-state index is -3.81. The Kier molecular flexibility index (Phi) is 6.02. The van der Waals surface area contributed by atoms with E-state index < -0.39 is 9.84 Å². The molecule has 0 atom stereocenters. The van der Waals surface area contributed by atoms with Gasteiger partial charge in [0.2, 0.25) is 26.6 Å². The molecule has 4 rings (SSSR count). The zero-order valence-electron chi connectivity index (χ0n) is 17.1. The summed E-state index contributed by atoms with van der Waals surface area (Å²) in [6.07, 6.45) is 2.85. The predicted molar refractivity (Wildman–Crippen MR) is 122 cm³/mol. The molecule has 2 heterocycles. The summed E-state index contributed by atoms with van der Waals surface area (Å²) in [5, 5.41) is -0.000722. The van der Waals surface area contributed by atoms with Crippen molar-refractivity contribution in [2.45, 2.75) is 43.0 Å². The van der Waals surface area contributed by atoms with Gasteiger partial charge in [0, 0.05) is 23.1 Å². The number of nitrogens with zero attached hydrogens (tertiary/aromatic N) is 2. The molecule has 0 spiro atoms. The summed E-state index contributed by atoms with van der Waals surface area (Å²) in [6, 6.07) is 14.5. The fourth-order valence-corrected chi connectivity index (χ4v) is 5.20. The van der Waals surface area contributed by atoms with Gasteiger partial charge in [-0.25, -0.2) is 8.42 Å². The maximum Gasteiger partial charge on any atom is 0.236 e. The number of oxazole rings is 1. The highest BCUT2D eigenvalue weighted by molar-refractivity contribution is 9.10. The lowest BCUT2D eigenvalue weighted by atomic mass is 9.99. The van der Waals surface area contributed by atoms with Crippen LogP contribution < -0.4 is 4.90 Å². The number of aryl methyl sites for hydroxylation is 1. The standard InChI is InChI=1S/C23H25BrN2O3S/c1-3-17-4-10-20(11-5-17)30(27,28)22-23(26-14-12-16(2)13-15-26)29-21(25-22)18-6-8-19(24)9-7-18/h4-11,16H,3,12-15H2,1-2H3. The van der Waals surface area contributed by atoms with E-state index in [1.807, 2.05) is 48.2 Å². The van der Waals surface area contributed by atoms with Gasteiger partial charge in [-0.15, -0.1) is 0 Å². The van der Waals surface area contributed by atoms with Crippen LogP contribution in [0, 0.1) is 5.92 Å². The Morgan fingerprint density at radius 2 is 1.70 bits per heavy atom. The monoisotopic (exact) mass is 488 g/mol. The molecule has 1 aliphatic heterocycles. The molecule has 7 heteroatoms. The lowest BCUT2D eigenvalue weighted by molar-refractivity contribution is 0.415. The second kappa shape index (κ2) is 8.55. The van der Waals surface area contributed by atoms with E-state index in [1.165, 1.54) is 0 Å². The zero-order valence-corrected chi connectivity index (χ0v) is 19.5. The van der Waals surface area contributed by atoms with E-state index in [9.17, 15) is 8.42 Å². The summed E-state index contributed by atoms with van der Waals surface area (Å²) in [6.45, 7) is 5.78. The summed E-state index contributed by atoms with van der Waals surface area (Å²) in [5.41, 5.74) is 1.84. The molecule has 0 amide bonds. The SMILES string of the molecule is CCc1ccc(S(=O)(=O)c2nc(-c3ccc(Br)cc3)oc2N2CCC(C)CC2)cc1. The van der Waals surface area contributed by atoms with Crippen molar-refractivity contribution >= 4 is 31.7 Å². The maximum atomic E-state index is 13.5. The Bertz CT molecular complexity index is 1110. The second-order valence-corrected chi connectivity index (χ2v) is 10.6. The van der Waals surface area contributed by atoms with Crippen molar-refractivity contribution in [1.82, 2.24) is 4.98 Å². The summed E-state index contributed by atoms with van der Waals surface area (Å²) in [4.78, 5) is 6.74. The fraction of sp³-hybridized carbons (Fsp3) is 0.348. The Labute approximate surface area is 186 Å². The lowest BCUT2D eigenvalue weighted by Crippen LogP contribution is -2.33. The van der Waals surface area contributed by atoms with Crippen LogP contribution in [0.2, 0.25) is 0 Å². The van der Waals surface area contributed by atoms with Crippen LogP contribution in [-0.4, -0.2) is 26.5 Å². The topological polar surface area (TPSA) is 63.4 Å². The smallest absolute Gasteiger partial charge is 0.236 e. The number of benzene rings is 2. The van der Waals surface area contributed by atoms with E-state index in [-0.39, 0.29) is 9.92 Å². The van der Waals surface area contributed by atoms with Crippen LogP contribution in [0.3, 0.4) is 0 Å². The average molecular weight is 489 g/mol. The summed E-state index contributed by atoms with van der Waals surface area (Å²) in [7, 11) is -3.81. The summed E-state index contributed by atoms with van der Waals surface area (Å²) in [5.74, 6) is 1.29. The number of hydrogen-bond donors (Lipinski definition) is 0. The molecule has 0 bridgehead atoms. The summed E-state index contributed by atoms with van der Waals surface area (Å²) < 4.78 is 34.0. The van der Waals surface area contributed by atoms with Crippen LogP contribution in [0.4, 0.5) is 5.88 Å². The van der Waals surface area contributed by atoms with Gasteiger partial charge in [-0.2, -0.15) is 4.98 Å². The number of rotatable bonds is 5. The molecule has 30 heavy (non-hydrogen) atoms. The number of piperidine rings is 1. The number of hydrogen-bond acceptors (Lipinski definition) is 5. The molecule has 0 radical (unpaired) electrons. The first-order valence-electron chi connectivity index (χ1n) is 10.2. The van der Waals surface area contributed by atoms with Gasteiger partial charge in [0.25, 0.3) is 0 Å². The van der Waals surface area contributed by atoms with E-state index in [2.05, 4.69) is 27.8 Å². The molecule has 0 aliphatic carbocycles. The Balaban J connectivity index is 1.80. The quantitative estimate of drug-likeness (QED) is 0.458. The van der Waals surface area contributed by atoms with Crippen LogP contribution in [0.1, 0.15) is 32.3 Å². The lowest BCUT2D eigenvalue weighted by Gasteiger charge is -2.30. The second-order valence-electron chi connectivity index (χ2n) is 7.81. The average Bonchev–Trinajstić information content (AvgIpc) is 3.21. The van der Waals surface area contributed by atoms with Crippen LogP contribution in [0.5, 0.6) is 0 Å². The molecule has 1 saturated heterocycles. The molecule has 0 saturated carbocycles. The van der Waals surface area contributed by atoms with Crippen molar-refractivity contribution in [2.75, 3.05) is 18.0 Å². The first kappa shape index (κ1) is 21.1. The first-order chi connectivity index (χ1) is 14.4. The van der Waals surface area contributed by atoms with Crippen LogP contribution in [0.15, 0.2) is 67.3 Å². The zero-order chi connectivity index (χ0) is 21.3. The third kappa shape index (κ3) is 4.18. The van der Waals surface area contributed by atoms with Crippen LogP contribution in [-0.2, 0) is 16.3 Å². The van der Waals surface area contributed by atoms with E-state index in [0.29, 0.717) is 17.7 Å². The number of aromatic nitrogens is 1. The van der Waals surface area contributed by atoms with Crippen molar-refractivity contribution in [1.29, 1.82) is 0 Å². The molecule has 1 aliphatic rings. The van der Waals surface area contributed by atoms with E-state index in [0.717, 1.165) is 48.0 Å². The molecular weight excluding hydrogens is 464 g/mol. The third-order valence-corrected chi connectivity index (χ3v) is 7.83. The number of halogens is 1. The Morgan fingerprint density at radius 1 is 1.07 bits per heavy atom. The minimum absolute atomic E-state index is 0.000722. The van der Waals surface area contributed by atoms with Crippen molar-refractivity contribution in [2.24, 2.45) is 5.92 Å². The van der Waals surface area contributed by atoms with Crippen LogP contribution in [0.25, 0.3) is 11.5 Å².